The second kappa shape index (κ2) is 6.24. The van der Waals surface area contributed by atoms with Gasteiger partial charge < -0.3 is 10.6 Å². The van der Waals surface area contributed by atoms with Crippen LogP contribution in [0.4, 0.5) is 10.5 Å². The summed E-state index contributed by atoms with van der Waals surface area (Å²) in [7, 11) is 1.47. The normalized spacial score (nSPS) is 23.8. The number of rotatable bonds is 4. The molecule has 0 aromatic heterocycles. The van der Waals surface area contributed by atoms with E-state index in [1.54, 1.807) is 0 Å². The van der Waals surface area contributed by atoms with Crippen molar-refractivity contribution < 1.29 is 14.4 Å². The lowest BCUT2D eigenvalue weighted by atomic mass is 9.99. The summed E-state index contributed by atoms with van der Waals surface area (Å²) in [5.74, 6) is -0.337. The van der Waals surface area contributed by atoms with Crippen LogP contribution >= 0.6 is 0 Å². The Balaban J connectivity index is 1.58. The van der Waals surface area contributed by atoms with Crippen molar-refractivity contribution in [2.45, 2.75) is 25.3 Å². The number of anilines is 1. The molecule has 4 amide bonds. The Bertz CT molecular complexity index is 690. The van der Waals surface area contributed by atoms with E-state index in [9.17, 15) is 14.4 Å². The molecule has 1 aromatic rings. The SMILES string of the molecule is CCc1cccc(NC(=O)CN2CCC3(C2)NC(=O)N(C)C3=O)c1. The van der Waals surface area contributed by atoms with E-state index in [0.717, 1.165) is 22.6 Å². The molecule has 0 aliphatic carbocycles. The summed E-state index contributed by atoms with van der Waals surface area (Å²) >= 11 is 0. The Kier molecular flexibility index (Phi) is 4.28. The molecule has 7 nitrogen and oxygen atoms in total. The fraction of sp³-hybridized carbons (Fsp3) is 0.471. The molecule has 1 aromatic carbocycles. The van der Waals surface area contributed by atoms with Crippen molar-refractivity contribution in [2.75, 3.05) is 32.0 Å². The fourth-order valence-electron chi connectivity index (χ4n) is 3.33. The number of imide groups is 1. The predicted molar refractivity (Wildman–Crippen MR) is 89.5 cm³/mol. The van der Waals surface area contributed by atoms with Crippen LogP contribution in [0, 0.1) is 0 Å². The van der Waals surface area contributed by atoms with Gasteiger partial charge in [0.2, 0.25) is 5.91 Å². The predicted octanol–water partition coefficient (Wildman–Crippen LogP) is 0.814. The molecule has 2 aliphatic rings. The average Bonchev–Trinajstić information content (AvgIpc) is 3.05. The number of urea groups is 1. The first-order valence-corrected chi connectivity index (χ1v) is 8.15. The number of benzene rings is 1. The maximum absolute atomic E-state index is 12.2. The third kappa shape index (κ3) is 2.99. The van der Waals surface area contributed by atoms with Crippen LogP contribution in [-0.2, 0) is 16.0 Å². The zero-order valence-electron chi connectivity index (χ0n) is 14.0. The summed E-state index contributed by atoms with van der Waals surface area (Å²) < 4.78 is 0. The summed E-state index contributed by atoms with van der Waals surface area (Å²) in [6, 6.07) is 7.38. The summed E-state index contributed by atoms with van der Waals surface area (Å²) in [5, 5.41) is 5.65. The molecule has 2 heterocycles. The molecule has 1 spiro atoms. The molecular formula is C17H22N4O3. The van der Waals surface area contributed by atoms with Gasteiger partial charge in [0.15, 0.2) is 0 Å². The molecule has 0 bridgehead atoms. The lowest BCUT2D eigenvalue weighted by Gasteiger charge is -2.21. The van der Waals surface area contributed by atoms with Crippen molar-refractivity contribution in [1.29, 1.82) is 0 Å². The maximum atomic E-state index is 12.2. The number of nitrogens with zero attached hydrogens (tertiary/aromatic N) is 2. The van der Waals surface area contributed by atoms with E-state index in [-0.39, 0.29) is 24.4 Å². The minimum absolute atomic E-state index is 0.120. The minimum atomic E-state index is -0.867. The van der Waals surface area contributed by atoms with E-state index >= 15 is 0 Å². The second-order valence-electron chi connectivity index (χ2n) is 6.44. The highest BCUT2D eigenvalue weighted by Crippen LogP contribution is 2.27. The summed E-state index contributed by atoms with van der Waals surface area (Å²) in [5.41, 5.74) is 1.07. The van der Waals surface area contributed by atoms with Gasteiger partial charge >= 0.3 is 6.03 Å². The molecular weight excluding hydrogens is 308 g/mol. The first-order valence-electron chi connectivity index (χ1n) is 8.15. The van der Waals surface area contributed by atoms with Crippen LogP contribution in [-0.4, -0.2) is 59.9 Å². The van der Waals surface area contributed by atoms with E-state index in [2.05, 4.69) is 17.6 Å². The maximum Gasteiger partial charge on any atom is 0.324 e. The van der Waals surface area contributed by atoms with Gasteiger partial charge in [0.25, 0.3) is 5.91 Å². The molecule has 7 heteroatoms. The highest BCUT2D eigenvalue weighted by Gasteiger charge is 2.53. The zero-order valence-corrected chi connectivity index (χ0v) is 14.0. The lowest BCUT2D eigenvalue weighted by Crippen LogP contribution is -2.49. The molecule has 2 aliphatic heterocycles. The third-order valence-corrected chi connectivity index (χ3v) is 4.70. The smallest absolute Gasteiger partial charge is 0.324 e. The highest BCUT2D eigenvalue weighted by molar-refractivity contribution is 6.07. The molecule has 1 atom stereocenters. The molecule has 1 unspecified atom stereocenters. The standard InChI is InChI=1S/C17H22N4O3/c1-3-12-5-4-6-13(9-12)18-14(22)10-21-8-7-17(11-21)15(23)20(2)16(24)19-17/h4-6,9H,3,7-8,10-11H2,1-2H3,(H,18,22)(H,19,24). The van der Waals surface area contributed by atoms with Crippen LogP contribution in [0.5, 0.6) is 0 Å². The Morgan fingerprint density at radius 1 is 1.38 bits per heavy atom. The van der Waals surface area contributed by atoms with E-state index in [4.69, 9.17) is 0 Å². The number of hydrogen-bond donors (Lipinski definition) is 2. The molecule has 24 heavy (non-hydrogen) atoms. The summed E-state index contributed by atoms with van der Waals surface area (Å²) in [6.45, 7) is 3.23. The largest absolute Gasteiger partial charge is 0.325 e. The number of carbonyl (C=O) groups excluding carboxylic acids is 3. The van der Waals surface area contributed by atoms with E-state index in [0.29, 0.717) is 19.5 Å². The monoisotopic (exact) mass is 330 g/mol. The van der Waals surface area contributed by atoms with E-state index in [1.807, 2.05) is 29.2 Å². The van der Waals surface area contributed by atoms with Crippen molar-refractivity contribution in [3.05, 3.63) is 29.8 Å². The fourth-order valence-corrected chi connectivity index (χ4v) is 3.33. The van der Waals surface area contributed by atoms with Crippen molar-refractivity contribution in [2.24, 2.45) is 0 Å². The molecule has 0 saturated carbocycles. The Hall–Kier alpha value is -2.41. The topological polar surface area (TPSA) is 81.8 Å². The lowest BCUT2D eigenvalue weighted by molar-refractivity contribution is -0.130. The number of carbonyl (C=O) groups is 3. The van der Waals surface area contributed by atoms with Crippen molar-refractivity contribution in [1.82, 2.24) is 15.1 Å². The number of amides is 4. The summed E-state index contributed by atoms with van der Waals surface area (Å²) in [6.07, 6.45) is 1.44. The first-order chi connectivity index (χ1) is 11.4. The molecule has 3 rings (SSSR count). The van der Waals surface area contributed by atoms with Gasteiger partial charge in [0.05, 0.1) is 6.54 Å². The molecule has 2 fully saturated rings. The van der Waals surface area contributed by atoms with Crippen molar-refractivity contribution in [3.63, 3.8) is 0 Å². The Morgan fingerprint density at radius 2 is 2.17 bits per heavy atom. The van der Waals surface area contributed by atoms with Gasteiger partial charge in [-0.1, -0.05) is 19.1 Å². The number of aryl methyl sites for hydroxylation is 1. The van der Waals surface area contributed by atoms with Crippen LogP contribution in [0.2, 0.25) is 0 Å². The number of hydrogen-bond acceptors (Lipinski definition) is 4. The van der Waals surface area contributed by atoms with Gasteiger partial charge in [0.1, 0.15) is 5.54 Å². The highest BCUT2D eigenvalue weighted by atomic mass is 16.2. The quantitative estimate of drug-likeness (QED) is 0.801. The van der Waals surface area contributed by atoms with Gasteiger partial charge in [-0.15, -0.1) is 0 Å². The zero-order chi connectivity index (χ0) is 17.3. The van der Waals surface area contributed by atoms with Gasteiger partial charge in [-0.2, -0.15) is 0 Å². The average molecular weight is 330 g/mol. The van der Waals surface area contributed by atoms with Crippen LogP contribution in [0.1, 0.15) is 18.9 Å². The third-order valence-electron chi connectivity index (χ3n) is 4.70. The van der Waals surface area contributed by atoms with Crippen molar-refractivity contribution in [3.8, 4) is 0 Å². The summed E-state index contributed by atoms with van der Waals surface area (Å²) in [4.78, 5) is 39.2. The van der Waals surface area contributed by atoms with E-state index in [1.165, 1.54) is 7.05 Å². The Labute approximate surface area is 141 Å². The molecule has 128 valence electrons. The van der Waals surface area contributed by atoms with Crippen LogP contribution < -0.4 is 10.6 Å². The van der Waals surface area contributed by atoms with Crippen molar-refractivity contribution >= 4 is 23.5 Å². The van der Waals surface area contributed by atoms with Gasteiger partial charge in [0, 0.05) is 25.8 Å². The first kappa shape index (κ1) is 16.4. The molecule has 2 saturated heterocycles. The molecule has 0 radical (unpaired) electrons. The van der Waals surface area contributed by atoms with Crippen LogP contribution in [0.15, 0.2) is 24.3 Å². The number of nitrogens with one attached hydrogen (secondary N) is 2. The number of likely N-dealkylation sites (tertiary alicyclic amines) is 1. The second-order valence-corrected chi connectivity index (χ2v) is 6.44. The van der Waals surface area contributed by atoms with E-state index < -0.39 is 5.54 Å². The van der Waals surface area contributed by atoms with Gasteiger partial charge in [-0.05, 0) is 30.5 Å². The minimum Gasteiger partial charge on any atom is -0.325 e. The van der Waals surface area contributed by atoms with Crippen LogP contribution in [0.25, 0.3) is 0 Å². The van der Waals surface area contributed by atoms with Crippen LogP contribution in [0.3, 0.4) is 0 Å². The molecule has 2 N–H and O–H groups in total. The number of likely N-dealkylation sites (N-methyl/N-ethyl adjacent to an activating group) is 1. The van der Waals surface area contributed by atoms with Gasteiger partial charge in [-0.3, -0.25) is 19.4 Å². The Morgan fingerprint density at radius 3 is 2.83 bits per heavy atom. The van der Waals surface area contributed by atoms with Gasteiger partial charge in [-0.25, -0.2) is 4.79 Å².